The van der Waals surface area contributed by atoms with E-state index >= 15 is 0 Å². The molecule has 0 spiro atoms. The van der Waals surface area contributed by atoms with E-state index in [1.807, 2.05) is 0 Å². The van der Waals surface area contributed by atoms with Crippen LogP contribution in [0.15, 0.2) is 0 Å². The molecule has 15 heavy (non-hydrogen) atoms. The van der Waals surface area contributed by atoms with Crippen molar-refractivity contribution in [2.75, 3.05) is 33.3 Å². The van der Waals surface area contributed by atoms with Crippen LogP contribution in [0.3, 0.4) is 0 Å². The van der Waals surface area contributed by atoms with Gasteiger partial charge in [0.25, 0.3) is 0 Å². The number of unbranched alkanes of at least 4 members (excludes halogenated alkanes) is 1. The Morgan fingerprint density at radius 2 is 2.27 bits per heavy atom. The van der Waals surface area contributed by atoms with Crippen molar-refractivity contribution < 1.29 is 10.1 Å². The number of nitrogens with one attached hydrogen (secondary N) is 1. The molecule has 0 saturated carbocycles. The molecule has 0 bridgehead atoms. The predicted molar refractivity (Wildman–Crippen MR) is 60.9 cm³/mol. The van der Waals surface area contributed by atoms with Gasteiger partial charge in [-0.2, -0.15) is 0 Å². The van der Waals surface area contributed by atoms with Crippen molar-refractivity contribution in [1.82, 2.24) is 10.2 Å². The lowest BCUT2D eigenvalue weighted by Gasteiger charge is -2.20. The van der Waals surface area contributed by atoms with E-state index in [-0.39, 0.29) is 0 Å². The van der Waals surface area contributed by atoms with Gasteiger partial charge in [-0.15, -0.1) is 0 Å². The van der Waals surface area contributed by atoms with Gasteiger partial charge in [0, 0.05) is 12.6 Å². The highest BCUT2D eigenvalue weighted by Gasteiger charge is 2.21. The van der Waals surface area contributed by atoms with Crippen molar-refractivity contribution in [3.05, 3.63) is 0 Å². The minimum atomic E-state index is 0.451. The highest BCUT2D eigenvalue weighted by atomic mass is 17.1. The van der Waals surface area contributed by atoms with Gasteiger partial charge >= 0.3 is 0 Å². The first-order chi connectivity index (χ1) is 7.22. The zero-order chi connectivity index (χ0) is 11.1. The van der Waals surface area contributed by atoms with Gasteiger partial charge in [-0.1, -0.05) is 6.92 Å². The molecular formula is C11H24N2O2. The van der Waals surface area contributed by atoms with E-state index in [0.717, 1.165) is 38.4 Å². The van der Waals surface area contributed by atoms with E-state index < -0.39 is 0 Å². The van der Waals surface area contributed by atoms with Crippen LogP contribution in [0.5, 0.6) is 0 Å². The van der Waals surface area contributed by atoms with Crippen molar-refractivity contribution in [1.29, 1.82) is 0 Å². The zero-order valence-electron chi connectivity index (χ0n) is 9.91. The number of likely N-dealkylation sites (N-methyl/N-ethyl adjacent to an activating group) is 1. The fourth-order valence-corrected chi connectivity index (χ4v) is 2.18. The van der Waals surface area contributed by atoms with Gasteiger partial charge in [0.1, 0.15) is 0 Å². The Balaban J connectivity index is 2.00. The molecule has 1 heterocycles. The summed E-state index contributed by atoms with van der Waals surface area (Å²) in [6.45, 7) is 6.12. The van der Waals surface area contributed by atoms with Gasteiger partial charge < -0.3 is 10.2 Å². The fourth-order valence-electron chi connectivity index (χ4n) is 2.18. The average molecular weight is 216 g/mol. The van der Waals surface area contributed by atoms with Crippen LogP contribution in [0, 0.1) is 5.92 Å². The molecule has 2 N–H and O–H groups in total. The van der Waals surface area contributed by atoms with Crippen LogP contribution in [0.4, 0.5) is 0 Å². The Morgan fingerprint density at radius 3 is 2.87 bits per heavy atom. The van der Waals surface area contributed by atoms with E-state index in [1.165, 1.54) is 6.42 Å². The molecule has 0 aromatic carbocycles. The molecule has 90 valence electrons. The van der Waals surface area contributed by atoms with Crippen LogP contribution in [-0.4, -0.2) is 49.5 Å². The summed E-state index contributed by atoms with van der Waals surface area (Å²) in [7, 11) is 2.16. The largest absolute Gasteiger partial charge is 0.312 e. The van der Waals surface area contributed by atoms with Gasteiger partial charge in [-0.05, 0) is 45.3 Å². The standard InChI is InChI=1S/C11H24N2O2/c1-10-7-11(12-8-10)9-13(2)5-3-4-6-15-14/h10-12,14H,3-9H2,1-2H3. The molecule has 1 aliphatic rings. The maximum absolute atomic E-state index is 8.17. The fraction of sp³-hybridized carbons (Fsp3) is 1.00. The van der Waals surface area contributed by atoms with Gasteiger partial charge in [-0.25, -0.2) is 4.89 Å². The molecule has 0 aliphatic carbocycles. The topological polar surface area (TPSA) is 44.7 Å². The Bertz CT molecular complexity index is 167. The lowest BCUT2D eigenvalue weighted by atomic mass is 10.1. The van der Waals surface area contributed by atoms with Crippen molar-refractivity contribution in [3.63, 3.8) is 0 Å². The molecule has 4 nitrogen and oxygen atoms in total. The second-order valence-corrected chi connectivity index (χ2v) is 4.75. The highest BCUT2D eigenvalue weighted by Crippen LogP contribution is 2.13. The van der Waals surface area contributed by atoms with Crippen molar-refractivity contribution in [2.24, 2.45) is 5.92 Å². The molecule has 0 aromatic rings. The van der Waals surface area contributed by atoms with Crippen LogP contribution in [0.1, 0.15) is 26.2 Å². The summed E-state index contributed by atoms with van der Waals surface area (Å²) >= 11 is 0. The average Bonchev–Trinajstić information content (AvgIpc) is 2.59. The van der Waals surface area contributed by atoms with Crippen LogP contribution in [0.2, 0.25) is 0 Å². The molecule has 4 heteroatoms. The molecular weight excluding hydrogens is 192 g/mol. The monoisotopic (exact) mass is 216 g/mol. The van der Waals surface area contributed by atoms with Gasteiger partial charge in [0.15, 0.2) is 0 Å². The van der Waals surface area contributed by atoms with Gasteiger partial charge in [-0.3, -0.25) is 5.26 Å². The normalized spacial score (nSPS) is 26.4. The second-order valence-electron chi connectivity index (χ2n) is 4.75. The summed E-state index contributed by atoms with van der Waals surface area (Å²) in [4.78, 5) is 6.39. The number of hydrogen-bond donors (Lipinski definition) is 2. The van der Waals surface area contributed by atoms with Crippen molar-refractivity contribution in [2.45, 2.75) is 32.2 Å². The lowest BCUT2D eigenvalue weighted by molar-refractivity contribution is -0.242. The Hall–Kier alpha value is -0.160. The molecule has 1 rings (SSSR count). The highest BCUT2D eigenvalue weighted by molar-refractivity contribution is 4.81. The van der Waals surface area contributed by atoms with Crippen LogP contribution in [0.25, 0.3) is 0 Å². The maximum Gasteiger partial charge on any atom is 0.0820 e. The summed E-state index contributed by atoms with van der Waals surface area (Å²) in [5.74, 6) is 0.825. The van der Waals surface area contributed by atoms with Crippen LogP contribution in [-0.2, 0) is 4.89 Å². The first kappa shape index (κ1) is 12.9. The minimum absolute atomic E-state index is 0.451. The second kappa shape index (κ2) is 7.17. The summed E-state index contributed by atoms with van der Waals surface area (Å²) in [5, 5.41) is 11.7. The van der Waals surface area contributed by atoms with Crippen molar-refractivity contribution >= 4 is 0 Å². The maximum atomic E-state index is 8.17. The molecule has 2 atom stereocenters. The van der Waals surface area contributed by atoms with E-state index in [0.29, 0.717) is 12.6 Å². The molecule has 2 unspecified atom stereocenters. The third-order valence-corrected chi connectivity index (χ3v) is 3.00. The lowest BCUT2D eigenvalue weighted by Crippen LogP contribution is -2.35. The first-order valence-electron chi connectivity index (χ1n) is 5.90. The SMILES string of the molecule is CC1CNC(CN(C)CCCCOO)C1. The number of hydrogen-bond acceptors (Lipinski definition) is 4. The van der Waals surface area contributed by atoms with E-state index in [4.69, 9.17) is 5.26 Å². The van der Waals surface area contributed by atoms with Crippen molar-refractivity contribution in [3.8, 4) is 0 Å². The summed E-state index contributed by atoms with van der Waals surface area (Å²) in [5.41, 5.74) is 0. The van der Waals surface area contributed by atoms with E-state index in [1.54, 1.807) is 0 Å². The predicted octanol–water partition coefficient (Wildman–Crippen LogP) is 1.19. The summed E-state index contributed by atoms with van der Waals surface area (Å²) in [6, 6.07) is 0.666. The minimum Gasteiger partial charge on any atom is -0.312 e. The summed E-state index contributed by atoms with van der Waals surface area (Å²) in [6.07, 6.45) is 3.30. The molecule has 1 saturated heterocycles. The van der Waals surface area contributed by atoms with Crippen LogP contribution >= 0.6 is 0 Å². The molecule has 1 fully saturated rings. The smallest absolute Gasteiger partial charge is 0.0820 e. The van der Waals surface area contributed by atoms with E-state index in [9.17, 15) is 0 Å². The van der Waals surface area contributed by atoms with E-state index in [2.05, 4.69) is 29.1 Å². The third kappa shape index (κ3) is 5.47. The Labute approximate surface area is 92.5 Å². The molecule has 0 amide bonds. The quantitative estimate of drug-likeness (QED) is 0.381. The first-order valence-corrected chi connectivity index (χ1v) is 5.90. The summed E-state index contributed by atoms with van der Waals surface area (Å²) < 4.78 is 0. The third-order valence-electron chi connectivity index (χ3n) is 3.00. The van der Waals surface area contributed by atoms with Crippen LogP contribution < -0.4 is 5.32 Å². The van der Waals surface area contributed by atoms with Gasteiger partial charge in [0.05, 0.1) is 6.61 Å². The molecule has 0 radical (unpaired) electrons. The molecule has 0 aromatic heterocycles. The molecule has 1 aliphatic heterocycles. The number of rotatable bonds is 7. The number of nitrogens with zero attached hydrogens (tertiary/aromatic N) is 1. The Kier molecular flexibility index (Phi) is 6.17. The van der Waals surface area contributed by atoms with Gasteiger partial charge in [0.2, 0.25) is 0 Å². The Morgan fingerprint density at radius 1 is 1.47 bits per heavy atom. The zero-order valence-corrected chi connectivity index (χ0v) is 9.91.